The highest BCUT2D eigenvalue weighted by molar-refractivity contribution is 8.33. The molecular formula is C48H35NS3. The molecule has 2 aliphatic rings. The van der Waals surface area contributed by atoms with E-state index in [2.05, 4.69) is 175 Å². The number of hydrogen-bond donors (Lipinski definition) is 0. The Morgan fingerprint density at radius 2 is 1.35 bits per heavy atom. The van der Waals surface area contributed by atoms with Gasteiger partial charge in [-0.1, -0.05) is 109 Å². The van der Waals surface area contributed by atoms with Crippen LogP contribution in [0.4, 0.5) is 11.4 Å². The van der Waals surface area contributed by atoms with Crippen LogP contribution in [0, 0.1) is 0 Å². The number of thiophene rings is 2. The summed E-state index contributed by atoms with van der Waals surface area (Å²) in [5, 5.41) is 8.02. The Kier molecular flexibility index (Phi) is 6.70. The summed E-state index contributed by atoms with van der Waals surface area (Å²) in [4.78, 5) is 5.54. The van der Waals surface area contributed by atoms with Gasteiger partial charge in [0.05, 0.1) is 5.69 Å². The molecule has 0 bridgehead atoms. The van der Waals surface area contributed by atoms with Gasteiger partial charge in [0.1, 0.15) is 0 Å². The van der Waals surface area contributed by atoms with Crippen LogP contribution in [-0.2, 0) is 0 Å². The number of rotatable bonds is 4. The van der Waals surface area contributed by atoms with Gasteiger partial charge in [-0.3, -0.25) is 0 Å². The van der Waals surface area contributed by atoms with Gasteiger partial charge in [-0.15, -0.1) is 22.7 Å². The highest BCUT2D eigenvalue weighted by Gasteiger charge is 2.35. The molecule has 1 nitrogen and oxygen atoms in total. The van der Waals surface area contributed by atoms with E-state index in [1.165, 1.54) is 94.7 Å². The fourth-order valence-corrected chi connectivity index (χ4v) is 13.8. The molecule has 0 saturated carbocycles. The van der Waals surface area contributed by atoms with Crippen LogP contribution < -0.4 is 4.90 Å². The second kappa shape index (κ2) is 11.4. The molecule has 9 aromatic rings. The zero-order chi connectivity index (χ0) is 34.6. The van der Waals surface area contributed by atoms with E-state index < -0.39 is 10.0 Å². The number of anilines is 2. The normalized spacial score (nSPS) is 16.8. The average Bonchev–Trinajstić information content (AvgIpc) is 3.83. The van der Waals surface area contributed by atoms with Gasteiger partial charge in [-0.05, 0) is 89.4 Å². The van der Waals surface area contributed by atoms with Crippen molar-refractivity contribution in [1.82, 2.24) is 0 Å². The molecule has 250 valence electrons. The molecule has 7 aromatic carbocycles. The lowest BCUT2D eigenvalue weighted by molar-refractivity contribution is 0.845. The van der Waals surface area contributed by atoms with Gasteiger partial charge in [0.25, 0.3) is 0 Å². The molecule has 52 heavy (non-hydrogen) atoms. The molecular weight excluding hydrogens is 687 g/mol. The van der Waals surface area contributed by atoms with Crippen molar-refractivity contribution < 1.29 is 0 Å². The maximum absolute atomic E-state index is 2.56. The molecule has 4 heteroatoms. The van der Waals surface area contributed by atoms with Crippen LogP contribution in [0.3, 0.4) is 0 Å². The first-order valence-electron chi connectivity index (χ1n) is 17.9. The van der Waals surface area contributed by atoms with Crippen LogP contribution in [0.2, 0.25) is 0 Å². The van der Waals surface area contributed by atoms with Gasteiger partial charge in [-0.2, -0.15) is 10.0 Å². The van der Waals surface area contributed by atoms with Crippen molar-refractivity contribution in [1.29, 1.82) is 0 Å². The third-order valence-electron chi connectivity index (χ3n) is 11.3. The first-order valence-corrected chi connectivity index (χ1v) is 22.0. The molecule has 3 heterocycles. The molecule has 0 fully saturated rings. The molecule has 2 aromatic heterocycles. The summed E-state index contributed by atoms with van der Waals surface area (Å²) < 4.78 is 5.44. The summed E-state index contributed by atoms with van der Waals surface area (Å²) in [5.41, 5.74) is 7.92. The lowest BCUT2D eigenvalue weighted by Gasteiger charge is -2.33. The second-order valence-corrected chi connectivity index (χ2v) is 20.1. The fourth-order valence-electron chi connectivity index (χ4n) is 8.82. The third kappa shape index (κ3) is 4.41. The standard InChI is InChI=1S/C48H35NS3/c1-52(2)44-27-26-37-36-17-5-7-21-41(36)51-48(37)47(44)39-25-24-33(29-45(39)52)49(40-20-11-23-43-46(40)38-18-6-8-22-42(38)50-43)32-15-9-14-31(28-32)35-19-10-13-30-12-3-4-16-34(30)35/h3-13,15-29,31H,14H2,1-2H3. The average molecular weight is 722 g/mol. The quantitative estimate of drug-likeness (QED) is 0.175. The van der Waals surface area contributed by atoms with E-state index in [4.69, 9.17) is 0 Å². The van der Waals surface area contributed by atoms with Crippen molar-refractivity contribution in [3.05, 3.63) is 169 Å². The minimum Gasteiger partial charge on any atom is -0.310 e. The Bertz CT molecular complexity index is 2990. The van der Waals surface area contributed by atoms with Gasteiger partial charge in [0, 0.05) is 73.0 Å². The predicted octanol–water partition coefficient (Wildman–Crippen LogP) is 14.8. The van der Waals surface area contributed by atoms with Crippen LogP contribution in [0.5, 0.6) is 0 Å². The Labute approximate surface area is 313 Å². The molecule has 0 saturated heterocycles. The van der Waals surface area contributed by atoms with Crippen LogP contribution in [0.1, 0.15) is 17.9 Å². The van der Waals surface area contributed by atoms with E-state index in [-0.39, 0.29) is 5.92 Å². The van der Waals surface area contributed by atoms with E-state index in [0.29, 0.717) is 0 Å². The van der Waals surface area contributed by atoms with Gasteiger partial charge in [0.15, 0.2) is 0 Å². The van der Waals surface area contributed by atoms with Crippen molar-refractivity contribution in [3.63, 3.8) is 0 Å². The topological polar surface area (TPSA) is 3.24 Å². The van der Waals surface area contributed by atoms with E-state index in [9.17, 15) is 0 Å². The molecule has 11 rings (SSSR count). The highest BCUT2D eigenvalue weighted by atomic mass is 32.3. The summed E-state index contributed by atoms with van der Waals surface area (Å²) in [5.74, 6) is 0.272. The molecule has 1 atom stereocenters. The summed E-state index contributed by atoms with van der Waals surface area (Å²) >= 11 is 3.84. The molecule has 0 spiro atoms. The Morgan fingerprint density at radius 3 is 2.23 bits per heavy atom. The summed E-state index contributed by atoms with van der Waals surface area (Å²) in [7, 11) is -1.26. The third-order valence-corrected chi connectivity index (χ3v) is 16.5. The van der Waals surface area contributed by atoms with E-state index in [0.717, 1.165) is 6.42 Å². The van der Waals surface area contributed by atoms with Gasteiger partial charge < -0.3 is 4.90 Å². The monoisotopic (exact) mass is 721 g/mol. The van der Waals surface area contributed by atoms with Crippen LogP contribution >= 0.6 is 32.7 Å². The zero-order valence-corrected chi connectivity index (χ0v) is 31.4. The Hall–Kier alpha value is -5.13. The maximum atomic E-state index is 2.56. The number of benzene rings is 7. The molecule has 0 radical (unpaired) electrons. The summed E-state index contributed by atoms with van der Waals surface area (Å²) in [6.07, 6.45) is 13.2. The molecule has 1 aliphatic heterocycles. The van der Waals surface area contributed by atoms with Crippen LogP contribution in [-0.4, -0.2) is 12.5 Å². The summed E-state index contributed by atoms with van der Waals surface area (Å²) in [6, 6.07) is 52.4. The lowest BCUT2D eigenvalue weighted by Crippen LogP contribution is -2.18. The van der Waals surface area contributed by atoms with Crippen LogP contribution in [0.25, 0.3) is 62.2 Å². The number of nitrogens with zero attached hydrogens (tertiary/aromatic N) is 1. The van der Waals surface area contributed by atoms with Crippen molar-refractivity contribution in [2.45, 2.75) is 22.1 Å². The molecule has 0 N–H and O–H groups in total. The number of fused-ring (bicyclic) bond motifs is 11. The predicted molar refractivity (Wildman–Crippen MR) is 231 cm³/mol. The smallest absolute Gasteiger partial charge is 0.0554 e. The van der Waals surface area contributed by atoms with Crippen molar-refractivity contribution in [2.24, 2.45) is 0 Å². The lowest BCUT2D eigenvalue weighted by atomic mass is 9.87. The minimum absolute atomic E-state index is 0.272. The number of allylic oxidation sites excluding steroid dienone is 3. The van der Waals surface area contributed by atoms with Crippen molar-refractivity contribution in [3.8, 4) is 11.1 Å². The molecule has 1 aliphatic carbocycles. The Morgan fingerprint density at radius 1 is 0.615 bits per heavy atom. The number of hydrogen-bond acceptors (Lipinski definition) is 3. The van der Waals surface area contributed by atoms with Gasteiger partial charge in [0.2, 0.25) is 0 Å². The fraction of sp³-hybridized carbons (Fsp3) is 0.0833. The summed E-state index contributed by atoms with van der Waals surface area (Å²) in [6.45, 7) is 0. The van der Waals surface area contributed by atoms with Gasteiger partial charge in [-0.25, -0.2) is 0 Å². The molecule has 1 unspecified atom stereocenters. The van der Waals surface area contributed by atoms with E-state index >= 15 is 0 Å². The SMILES string of the molecule is CS1(C)c2cc(N(C3=CC(c4cccc5ccccc45)CC=C3)c3cccc4sc5ccccc5c34)ccc2-c2c1ccc1c2sc2ccccc21. The van der Waals surface area contributed by atoms with E-state index in [1.807, 2.05) is 22.7 Å². The zero-order valence-electron chi connectivity index (χ0n) is 29.0. The first-order chi connectivity index (χ1) is 25.5. The minimum atomic E-state index is -1.26. The van der Waals surface area contributed by atoms with Crippen molar-refractivity contribution >= 4 is 95.2 Å². The first kappa shape index (κ1) is 30.5. The van der Waals surface area contributed by atoms with Crippen LogP contribution in [0.15, 0.2) is 173 Å². The maximum Gasteiger partial charge on any atom is 0.0554 e. The largest absolute Gasteiger partial charge is 0.310 e. The van der Waals surface area contributed by atoms with Crippen molar-refractivity contribution in [2.75, 3.05) is 17.4 Å². The van der Waals surface area contributed by atoms with Gasteiger partial charge >= 0.3 is 0 Å². The van der Waals surface area contributed by atoms with E-state index in [1.54, 1.807) is 0 Å². The highest BCUT2D eigenvalue weighted by Crippen LogP contribution is 2.69. The molecule has 0 amide bonds. The Balaban J connectivity index is 1.14. The second-order valence-electron chi connectivity index (χ2n) is 14.4.